The summed E-state index contributed by atoms with van der Waals surface area (Å²) in [7, 11) is 0. The van der Waals surface area contributed by atoms with Crippen LogP contribution in [0.15, 0.2) is 24.3 Å². The Balaban J connectivity index is 1.66. The van der Waals surface area contributed by atoms with Gasteiger partial charge in [0, 0.05) is 42.4 Å². The molecule has 0 aromatic heterocycles. The lowest BCUT2D eigenvalue weighted by atomic mass is 9.79. The van der Waals surface area contributed by atoms with Crippen molar-refractivity contribution >= 4 is 5.69 Å². The third kappa shape index (κ3) is 4.50. The van der Waals surface area contributed by atoms with Gasteiger partial charge in [-0.2, -0.15) is 0 Å². The molecule has 0 aliphatic carbocycles. The number of hydrogen-bond acceptors (Lipinski definition) is 4. The average molecular weight is 332 g/mol. The van der Waals surface area contributed by atoms with Gasteiger partial charge in [0.2, 0.25) is 0 Å². The molecule has 2 aliphatic rings. The molecule has 2 heterocycles. The highest BCUT2D eigenvalue weighted by Crippen LogP contribution is 2.29. The van der Waals surface area contributed by atoms with Crippen LogP contribution in [0.1, 0.15) is 46.1 Å². The van der Waals surface area contributed by atoms with Crippen LogP contribution in [0, 0.1) is 0 Å². The van der Waals surface area contributed by atoms with Crippen molar-refractivity contribution in [1.82, 2.24) is 10.6 Å². The van der Waals surface area contributed by atoms with E-state index in [0.29, 0.717) is 6.04 Å². The molecule has 0 unspecified atom stereocenters. The second-order valence-corrected chi connectivity index (χ2v) is 8.61. The summed E-state index contributed by atoms with van der Waals surface area (Å²) < 4.78 is 5.50. The van der Waals surface area contributed by atoms with E-state index in [1.165, 1.54) is 11.3 Å². The predicted molar refractivity (Wildman–Crippen MR) is 101 cm³/mol. The van der Waals surface area contributed by atoms with Crippen LogP contribution in [-0.4, -0.2) is 43.4 Å². The Bertz CT molecular complexity index is 534. The third-order valence-corrected chi connectivity index (χ3v) is 5.11. The number of anilines is 1. The number of nitrogens with zero attached hydrogens (tertiary/aromatic N) is 1. The van der Waals surface area contributed by atoms with Crippen molar-refractivity contribution in [2.24, 2.45) is 0 Å². The molecule has 1 aromatic rings. The molecule has 24 heavy (non-hydrogen) atoms. The minimum atomic E-state index is 0.184. The molecule has 0 atom stereocenters. The molecule has 3 rings (SSSR count). The molecule has 1 aromatic carbocycles. The molecule has 134 valence electrons. The van der Waals surface area contributed by atoms with Crippen molar-refractivity contribution in [3.8, 4) is 0 Å². The van der Waals surface area contributed by atoms with E-state index < -0.39 is 0 Å². The van der Waals surface area contributed by atoms with Gasteiger partial charge in [-0.1, -0.05) is 18.2 Å². The number of nitrogens with one attached hydrogen (secondary N) is 2. The largest absolute Gasteiger partial charge is 0.378 e. The normalized spacial score (nSPS) is 24.1. The van der Waals surface area contributed by atoms with E-state index in [2.05, 4.69) is 67.5 Å². The first kappa shape index (κ1) is 17.7. The second-order valence-electron chi connectivity index (χ2n) is 8.61. The van der Waals surface area contributed by atoms with E-state index >= 15 is 0 Å². The standard InChI is InChI=1S/C20H33N3O/c1-19(2)13-17(14-20(3,4)22-19)21-15-16-7-5-6-8-18(16)23-9-11-24-12-10-23/h5-8,17,21-22H,9-15H2,1-4H3. The summed E-state index contributed by atoms with van der Waals surface area (Å²) in [6, 6.07) is 9.35. The number of piperidine rings is 1. The molecule has 0 spiro atoms. The highest BCUT2D eigenvalue weighted by Gasteiger charge is 2.37. The zero-order valence-corrected chi connectivity index (χ0v) is 15.7. The van der Waals surface area contributed by atoms with Crippen molar-refractivity contribution < 1.29 is 4.74 Å². The van der Waals surface area contributed by atoms with Crippen molar-refractivity contribution in [3.63, 3.8) is 0 Å². The minimum Gasteiger partial charge on any atom is -0.378 e. The highest BCUT2D eigenvalue weighted by molar-refractivity contribution is 5.53. The Kier molecular flexibility index (Phi) is 5.19. The van der Waals surface area contributed by atoms with Gasteiger partial charge in [0.05, 0.1) is 13.2 Å². The zero-order chi connectivity index (χ0) is 17.2. The minimum absolute atomic E-state index is 0.184. The van der Waals surface area contributed by atoms with E-state index in [4.69, 9.17) is 4.74 Å². The first-order valence-corrected chi connectivity index (χ1v) is 9.28. The van der Waals surface area contributed by atoms with Crippen LogP contribution >= 0.6 is 0 Å². The molecule has 2 aliphatic heterocycles. The van der Waals surface area contributed by atoms with Gasteiger partial charge in [0.15, 0.2) is 0 Å². The van der Waals surface area contributed by atoms with Gasteiger partial charge in [-0.15, -0.1) is 0 Å². The number of ether oxygens (including phenoxy) is 1. The summed E-state index contributed by atoms with van der Waals surface area (Å²) in [6.07, 6.45) is 2.33. The molecular formula is C20H33N3O. The van der Waals surface area contributed by atoms with E-state index in [0.717, 1.165) is 45.7 Å². The van der Waals surface area contributed by atoms with Crippen LogP contribution in [0.2, 0.25) is 0 Å². The Morgan fingerprint density at radius 1 is 1.08 bits per heavy atom. The smallest absolute Gasteiger partial charge is 0.0642 e. The van der Waals surface area contributed by atoms with Crippen molar-refractivity contribution in [1.29, 1.82) is 0 Å². The Hall–Kier alpha value is -1.10. The van der Waals surface area contributed by atoms with Gasteiger partial charge in [-0.25, -0.2) is 0 Å². The summed E-state index contributed by atoms with van der Waals surface area (Å²) >= 11 is 0. The summed E-state index contributed by atoms with van der Waals surface area (Å²) in [5.41, 5.74) is 3.13. The second kappa shape index (κ2) is 7.03. The maximum atomic E-state index is 5.50. The maximum absolute atomic E-state index is 5.50. The lowest BCUT2D eigenvalue weighted by Crippen LogP contribution is -2.61. The van der Waals surface area contributed by atoms with Crippen molar-refractivity contribution in [3.05, 3.63) is 29.8 Å². The van der Waals surface area contributed by atoms with E-state index in [-0.39, 0.29) is 11.1 Å². The fourth-order valence-electron chi connectivity index (χ4n) is 4.49. The summed E-state index contributed by atoms with van der Waals surface area (Å²) in [5.74, 6) is 0. The van der Waals surface area contributed by atoms with Gasteiger partial charge in [-0.3, -0.25) is 0 Å². The fourth-order valence-corrected chi connectivity index (χ4v) is 4.49. The van der Waals surface area contributed by atoms with Crippen molar-refractivity contribution in [2.45, 2.75) is 64.2 Å². The molecule has 2 saturated heterocycles. The monoisotopic (exact) mass is 331 g/mol. The van der Waals surface area contributed by atoms with E-state index in [1.807, 2.05) is 0 Å². The number of rotatable bonds is 4. The van der Waals surface area contributed by atoms with Crippen molar-refractivity contribution in [2.75, 3.05) is 31.2 Å². The summed E-state index contributed by atoms with van der Waals surface area (Å²) in [5, 5.41) is 7.59. The first-order chi connectivity index (χ1) is 11.3. The van der Waals surface area contributed by atoms with Crippen LogP contribution in [0.5, 0.6) is 0 Å². The first-order valence-electron chi connectivity index (χ1n) is 9.28. The van der Waals surface area contributed by atoms with Crippen LogP contribution in [0.3, 0.4) is 0 Å². The number of benzene rings is 1. The molecule has 2 N–H and O–H groups in total. The topological polar surface area (TPSA) is 36.5 Å². The molecule has 0 radical (unpaired) electrons. The van der Waals surface area contributed by atoms with Gasteiger partial charge < -0.3 is 20.3 Å². The molecule has 0 bridgehead atoms. The number of morpholine rings is 1. The molecule has 4 nitrogen and oxygen atoms in total. The predicted octanol–water partition coefficient (Wildman–Crippen LogP) is 2.92. The van der Waals surface area contributed by atoms with Gasteiger partial charge in [-0.05, 0) is 52.2 Å². The van der Waals surface area contributed by atoms with Gasteiger partial charge >= 0.3 is 0 Å². The van der Waals surface area contributed by atoms with E-state index in [9.17, 15) is 0 Å². The molecule has 2 fully saturated rings. The van der Waals surface area contributed by atoms with Crippen LogP contribution < -0.4 is 15.5 Å². The van der Waals surface area contributed by atoms with Gasteiger partial charge in [0.25, 0.3) is 0 Å². The molecule has 4 heteroatoms. The Morgan fingerprint density at radius 2 is 1.71 bits per heavy atom. The lowest BCUT2D eigenvalue weighted by molar-refractivity contribution is 0.122. The van der Waals surface area contributed by atoms with Gasteiger partial charge in [0.1, 0.15) is 0 Å². The Morgan fingerprint density at radius 3 is 2.38 bits per heavy atom. The maximum Gasteiger partial charge on any atom is 0.0642 e. The Labute approximate surface area is 147 Å². The lowest BCUT2D eigenvalue weighted by Gasteiger charge is -2.47. The zero-order valence-electron chi connectivity index (χ0n) is 15.7. The number of hydrogen-bond donors (Lipinski definition) is 2. The third-order valence-electron chi connectivity index (χ3n) is 5.11. The van der Waals surface area contributed by atoms with Crippen LogP contribution in [0.4, 0.5) is 5.69 Å². The van der Waals surface area contributed by atoms with Crippen LogP contribution in [0.25, 0.3) is 0 Å². The highest BCUT2D eigenvalue weighted by atomic mass is 16.5. The SMILES string of the molecule is CC1(C)CC(NCc2ccccc2N2CCOCC2)CC(C)(C)N1. The van der Waals surface area contributed by atoms with Crippen LogP contribution in [-0.2, 0) is 11.3 Å². The molecular weight excluding hydrogens is 298 g/mol. The van der Waals surface area contributed by atoms with E-state index in [1.54, 1.807) is 0 Å². The molecule has 0 saturated carbocycles. The quantitative estimate of drug-likeness (QED) is 0.889. The molecule has 0 amide bonds. The number of para-hydroxylation sites is 1. The fraction of sp³-hybridized carbons (Fsp3) is 0.700. The summed E-state index contributed by atoms with van der Waals surface area (Å²) in [4.78, 5) is 2.46. The summed E-state index contributed by atoms with van der Waals surface area (Å²) in [6.45, 7) is 13.8. The average Bonchev–Trinajstić information content (AvgIpc) is 2.51.